The minimum atomic E-state index is -0.460. The molecule has 0 aliphatic rings. The summed E-state index contributed by atoms with van der Waals surface area (Å²) in [6.07, 6.45) is 0. The number of nitriles is 1. The second kappa shape index (κ2) is 6.33. The molecule has 1 aromatic rings. The summed E-state index contributed by atoms with van der Waals surface area (Å²) < 4.78 is 13.8. The number of aliphatic hydroxyl groups is 1. The van der Waals surface area contributed by atoms with E-state index >= 15 is 0 Å². The fraction of sp³-hybridized carbons (Fsp3) is 0.462. The van der Waals surface area contributed by atoms with E-state index in [9.17, 15) is 4.39 Å². The summed E-state index contributed by atoms with van der Waals surface area (Å²) in [5.74, 6) is -0.460. The van der Waals surface area contributed by atoms with Crippen molar-refractivity contribution >= 4 is 0 Å². The van der Waals surface area contributed by atoms with Gasteiger partial charge in [0.05, 0.1) is 12.2 Å². The molecule has 17 heavy (non-hydrogen) atoms. The van der Waals surface area contributed by atoms with Crippen LogP contribution < -0.4 is 0 Å². The second-order valence-electron chi connectivity index (χ2n) is 4.18. The maximum absolute atomic E-state index is 13.8. The summed E-state index contributed by atoms with van der Waals surface area (Å²) in [7, 11) is 0. The average molecular weight is 236 g/mol. The van der Waals surface area contributed by atoms with Crippen molar-refractivity contribution in [3.8, 4) is 6.07 Å². The van der Waals surface area contributed by atoms with Crippen molar-refractivity contribution in [1.82, 2.24) is 4.90 Å². The van der Waals surface area contributed by atoms with Crippen LogP contribution in [0.3, 0.4) is 0 Å². The summed E-state index contributed by atoms with van der Waals surface area (Å²) in [6, 6.07) is 6.85. The average Bonchev–Trinajstić information content (AvgIpc) is 2.30. The highest BCUT2D eigenvalue weighted by molar-refractivity contribution is 5.34. The number of hydrogen-bond donors (Lipinski definition) is 1. The number of nitrogens with zero attached hydrogens (tertiary/aromatic N) is 2. The van der Waals surface area contributed by atoms with Crippen LogP contribution in [0.15, 0.2) is 18.2 Å². The normalized spacial score (nSPS) is 10.9. The molecule has 0 spiro atoms. The topological polar surface area (TPSA) is 47.3 Å². The van der Waals surface area contributed by atoms with Gasteiger partial charge in [-0.2, -0.15) is 5.26 Å². The molecule has 92 valence electrons. The molecule has 0 radical (unpaired) electrons. The summed E-state index contributed by atoms with van der Waals surface area (Å²) in [4.78, 5) is 1.96. The predicted molar refractivity (Wildman–Crippen MR) is 63.7 cm³/mol. The van der Waals surface area contributed by atoms with Gasteiger partial charge in [0.1, 0.15) is 11.9 Å². The molecule has 0 fully saturated rings. The molecule has 0 saturated carbocycles. The fourth-order valence-corrected chi connectivity index (χ4v) is 1.66. The van der Waals surface area contributed by atoms with Gasteiger partial charge in [-0.15, -0.1) is 0 Å². The van der Waals surface area contributed by atoms with Crippen LogP contribution in [0.5, 0.6) is 0 Å². The van der Waals surface area contributed by atoms with Crippen molar-refractivity contribution in [2.75, 3.05) is 13.2 Å². The lowest BCUT2D eigenvalue weighted by Crippen LogP contribution is -2.33. The van der Waals surface area contributed by atoms with Gasteiger partial charge in [-0.1, -0.05) is 12.1 Å². The first kappa shape index (κ1) is 13.6. The van der Waals surface area contributed by atoms with Gasteiger partial charge < -0.3 is 5.11 Å². The molecule has 0 atom stereocenters. The van der Waals surface area contributed by atoms with E-state index in [1.807, 2.05) is 24.8 Å². The zero-order valence-electron chi connectivity index (χ0n) is 10.2. The quantitative estimate of drug-likeness (QED) is 0.849. The maximum atomic E-state index is 13.8. The summed E-state index contributed by atoms with van der Waals surface area (Å²) in [5.41, 5.74) is 0.557. The molecule has 3 nitrogen and oxygen atoms in total. The Morgan fingerprint density at radius 2 is 2.18 bits per heavy atom. The number of aliphatic hydroxyl groups excluding tert-OH is 1. The Labute approximate surface area is 101 Å². The van der Waals surface area contributed by atoms with Crippen molar-refractivity contribution in [2.24, 2.45) is 0 Å². The predicted octanol–water partition coefficient (Wildman–Crippen LogP) is 1.90. The van der Waals surface area contributed by atoms with Crippen LogP contribution in [0, 0.1) is 17.1 Å². The fourth-order valence-electron chi connectivity index (χ4n) is 1.66. The van der Waals surface area contributed by atoms with E-state index in [1.165, 1.54) is 6.07 Å². The molecule has 4 heteroatoms. The Morgan fingerprint density at radius 3 is 2.71 bits per heavy atom. The minimum Gasteiger partial charge on any atom is -0.395 e. The first-order chi connectivity index (χ1) is 8.10. The summed E-state index contributed by atoms with van der Waals surface area (Å²) in [6.45, 7) is 4.91. The second-order valence-corrected chi connectivity index (χ2v) is 4.18. The lowest BCUT2D eigenvalue weighted by molar-refractivity contribution is 0.158. The molecule has 1 aromatic carbocycles. The lowest BCUT2D eigenvalue weighted by Gasteiger charge is -2.25. The van der Waals surface area contributed by atoms with Crippen LogP contribution in [0.4, 0.5) is 4.39 Å². The Morgan fingerprint density at radius 1 is 1.47 bits per heavy atom. The van der Waals surface area contributed by atoms with Crippen molar-refractivity contribution in [3.05, 3.63) is 35.1 Å². The van der Waals surface area contributed by atoms with Crippen molar-refractivity contribution in [3.63, 3.8) is 0 Å². The van der Waals surface area contributed by atoms with Gasteiger partial charge in [-0.3, -0.25) is 4.90 Å². The third kappa shape index (κ3) is 3.52. The molecule has 0 amide bonds. The van der Waals surface area contributed by atoms with Crippen molar-refractivity contribution < 1.29 is 9.50 Å². The van der Waals surface area contributed by atoms with E-state index in [0.717, 1.165) is 0 Å². The van der Waals surface area contributed by atoms with Crippen LogP contribution in [-0.4, -0.2) is 29.2 Å². The lowest BCUT2D eigenvalue weighted by atomic mass is 10.1. The van der Waals surface area contributed by atoms with Crippen LogP contribution in [0.25, 0.3) is 0 Å². The molecular weight excluding hydrogens is 219 g/mol. The summed E-state index contributed by atoms with van der Waals surface area (Å²) >= 11 is 0. The van der Waals surface area contributed by atoms with E-state index in [4.69, 9.17) is 10.4 Å². The van der Waals surface area contributed by atoms with Crippen LogP contribution in [0.1, 0.15) is 25.0 Å². The zero-order valence-corrected chi connectivity index (χ0v) is 10.2. The summed E-state index contributed by atoms with van der Waals surface area (Å²) in [5, 5.41) is 17.7. The van der Waals surface area contributed by atoms with Gasteiger partial charge in [0.2, 0.25) is 0 Å². The largest absolute Gasteiger partial charge is 0.395 e. The number of rotatable bonds is 5. The monoisotopic (exact) mass is 236 g/mol. The number of benzene rings is 1. The Hall–Kier alpha value is -1.44. The third-order valence-corrected chi connectivity index (χ3v) is 2.69. The molecule has 1 rings (SSSR count). The minimum absolute atomic E-state index is 0.0394. The molecular formula is C13H17FN2O. The highest BCUT2D eigenvalue weighted by Gasteiger charge is 2.14. The highest BCUT2D eigenvalue weighted by atomic mass is 19.1. The highest BCUT2D eigenvalue weighted by Crippen LogP contribution is 2.15. The van der Waals surface area contributed by atoms with E-state index in [-0.39, 0.29) is 18.2 Å². The van der Waals surface area contributed by atoms with E-state index in [1.54, 1.807) is 12.1 Å². The number of halogens is 1. The van der Waals surface area contributed by atoms with Crippen LogP contribution >= 0.6 is 0 Å². The van der Waals surface area contributed by atoms with Crippen LogP contribution in [0.2, 0.25) is 0 Å². The van der Waals surface area contributed by atoms with Gasteiger partial charge in [-0.05, 0) is 19.9 Å². The molecule has 1 N–H and O–H groups in total. The van der Waals surface area contributed by atoms with Crippen molar-refractivity contribution in [1.29, 1.82) is 5.26 Å². The molecule has 0 unspecified atom stereocenters. The van der Waals surface area contributed by atoms with Gasteiger partial charge in [-0.25, -0.2) is 4.39 Å². The molecule has 0 saturated heterocycles. The van der Waals surface area contributed by atoms with E-state index < -0.39 is 5.82 Å². The van der Waals surface area contributed by atoms with Gasteiger partial charge in [0.25, 0.3) is 0 Å². The van der Waals surface area contributed by atoms with Crippen molar-refractivity contribution in [2.45, 2.75) is 26.4 Å². The van der Waals surface area contributed by atoms with Crippen LogP contribution in [-0.2, 0) is 6.54 Å². The number of hydrogen-bond acceptors (Lipinski definition) is 3. The molecule has 0 bridgehead atoms. The van der Waals surface area contributed by atoms with Gasteiger partial charge in [0, 0.05) is 24.7 Å². The molecule has 0 aliphatic heterocycles. The van der Waals surface area contributed by atoms with Gasteiger partial charge in [0.15, 0.2) is 0 Å². The maximum Gasteiger partial charge on any atom is 0.145 e. The SMILES string of the molecule is CC(C)N(CCO)Cc1cccc(C#N)c1F. The smallest absolute Gasteiger partial charge is 0.145 e. The van der Waals surface area contributed by atoms with E-state index in [2.05, 4.69) is 0 Å². The Bertz CT molecular complexity index is 412. The standard InChI is InChI=1S/C13H17FN2O/c1-10(2)16(6-7-17)9-12-5-3-4-11(8-15)13(12)14/h3-5,10,17H,6-7,9H2,1-2H3. The first-order valence-electron chi connectivity index (χ1n) is 5.62. The zero-order chi connectivity index (χ0) is 12.8. The molecule has 0 aromatic heterocycles. The Kier molecular flexibility index (Phi) is 5.08. The first-order valence-corrected chi connectivity index (χ1v) is 5.62. The molecule has 0 heterocycles. The third-order valence-electron chi connectivity index (χ3n) is 2.69. The van der Waals surface area contributed by atoms with E-state index in [0.29, 0.717) is 18.7 Å². The molecule has 0 aliphatic carbocycles. The Balaban J connectivity index is 2.90. The van der Waals surface area contributed by atoms with Gasteiger partial charge >= 0.3 is 0 Å².